The van der Waals surface area contributed by atoms with Crippen LogP contribution in [0.1, 0.15) is 62.9 Å². The van der Waals surface area contributed by atoms with E-state index in [1.165, 1.54) is 37.4 Å². The van der Waals surface area contributed by atoms with E-state index >= 15 is 0 Å². The van der Waals surface area contributed by atoms with Crippen molar-refractivity contribution in [3.05, 3.63) is 5.76 Å². The number of fused-ring (bicyclic) bond motifs is 2. The topological polar surface area (TPSA) is 93.5 Å². The highest BCUT2D eigenvalue weighted by atomic mass is 32.2. The molecule has 0 saturated heterocycles. The van der Waals surface area contributed by atoms with Crippen molar-refractivity contribution >= 4 is 23.6 Å². The van der Waals surface area contributed by atoms with Crippen LogP contribution in [0.15, 0.2) is 9.42 Å². The Morgan fingerprint density at radius 2 is 2.00 bits per heavy atom. The summed E-state index contributed by atoms with van der Waals surface area (Å²) in [6.45, 7) is 2.62. The highest BCUT2D eigenvalue weighted by Gasteiger charge is 2.50. The number of nitrogens with zero attached hydrogens (tertiary/aromatic N) is 1. The molecule has 1 aromatic heterocycles. The number of hydrogen-bond acceptors (Lipinski definition) is 6. The highest BCUT2D eigenvalue weighted by Crippen LogP contribution is 2.53. The Morgan fingerprint density at radius 3 is 2.72 bits per heavy atom. The van der Waals surface area contributed by atoms with Gasteiger partial charge in [0.1, 0.15) is 4.90 Å². The lowest BCUT2D eigenvalue weighted by Crippen LogP contribution is -2.42. The van der Waals surface area contributed by atoms with Crippen molar-refractivity contribution in [2.24, 2.45) is 23.7 Å². The Bertz CT molecular complexity index is 862. The van der Waals surface area contributed by atoms with E-state index in [1.54, 1.807) is 0 Å². The van der Waals surface area contributed by atoms with Gasteiger partial charge >= 0.3 is 5.92 Å². The Kier molecular flexibility index (Phi) is 6.70. The van der Waals surface area contributed by atoms with Gasteiger partial charge in [-0.25, -0.2) is 0 Å². The van der Waals surface area contributed by atoms with E-state index in [9.17, 15) is 18.4 Å². The molecule has 7 nitrogen and oxygen atoms in total. The van der Waals surface area contributed by atoms with E-state index in [0.717, 1.165) is 25.8 Å². The van der Waals surface area contributed by atoms with E-state index < -0.39 is 18.4 Å². The quantitative estimate of drug-likeness (QED) is 0.559. The molecule has 0 radical (unpaired) electrons. The van der Waals surface area contributed by atoms with Gasteiger partial charge in [-0.1, -0.05) is 26.7 Å². The lowest BCUT2D eigenvalue weighted by atomic mass is 9.79. The lowest BCUT2D eigenvalue weighted by molar-refractivity contribution is -0.149. The number of amides is 2. The molecule has 2 N–H and O–H groups in total. The zero-order chi connectivity index (χ0) is 23.0. The van der Waals surface area contributed by atoms with E-state index in [0.29, 0.717) is 17.8 Å². The van der Waals surface area contributed by atoms with Crippen LogP contribution in [0.4, 0.5) is 8.78 Å². The Labute approximate surface area is 190 Å². The van der Waals surface area contributed by atoms with Crippen LogP contribution in [0, 0.1) is 23.7 Å². The van der Waals surface area contributed by atoms with Gasteiger partial charge in [0.05, 0.1) is 0 Å². The molecule has 5 unspecified atom stereocenters. The molecule has 0 spiro atoms. The van der Waals surface area contributed by atoms with Crippen LogP contribution >= 0.6 is 11.8 Å². The first-order valence-corrected chi connectivity index (χ1v) is 12.3. The van der Waals surface area contributed by atoms with Gasteiger partial charge in [-0.15, -0.1) is 11.8 Å². The second kappa shape index (κ2) is 9.19. The Balaban J connectivity index is 1.50. The van der Waals surface area contributed by atoms with Crippen molar-refractivity contribution in [3.63, 3.8) is 0 Å². The normalized spacial score (nSPS) is 29.1. The van der Waals surface area contributed by atoms with Crippen molar-refractivity contribution < 1.29 is 27.6 Å². The summed E-state index contributed by atoms with van der Waals surface area (Å²) in [4.78, 5) is 24.8. The number of rotatable bonds is 8. The molecule has 3 saturated carbocycles. The van der Waals surface area contributed by atoms with Crippen molar-refractivity contribution in [2.45, 2.75) is 74.5 Å². The standard InChI is InChI=1S/C22H31F2N3O4S/c1-11(2)32-18-17(31-27-20(18)30-10-22(23,24)21(29)25-3)19(28)26-16-14-8-12-5-4-6-15(16)13(7-12)9-14/h11-16H,4-10H2,1-3H3,(H,25,29)(H,26,28). The molecule has 3 bridgehead atoms. The molecule has 32 heavy (non-hydrogen) atoms. The van der Waals surface area contributed by atoms with E-state index in [4.69, 9.17) is 9.26 Å². The molecule has 3 aliphatic carbocycles. The second-order valence-corrected chi connectivity index (χ2v) is 11.2. The molecule has 178 valence electrons. The number of carbonyl (C=O) groups is 2. The third-order valence-corrected chi connectivity index (χ3v) is 8.10. The summed E-state index contributed by atoms with van der Waals surface area (Å²) in [5.74, 6) is -3.35. The number of aromatic nitrogens is 1. The molecule has 2 amide bonds. The van der Waals surface area contributed by atoms with Gasteiger partial charge in [-0.05, 0) is 54.5 Å². The summed E-state index contributed by atoms with van der Waals surface area (Å²) in [7, 11) is 1.13. The van der Waals surface area contributed by atoms with E-state index in [1.807, 2.05) is 19.2 Å². The molecule has 10 heteroatoms. The fourth-order valence-corrected chi connectivity index (χ4v) is 6.71. The van der Waals surface area contributed by atoms with Crippen LogP contribution in [0.5, 0.6) is 5.88 Å². The third-order valence-electron chi connectivity index (χ3n) is 7.03. The first-order chi connectivity index (χ1) is 15.2. The van der Waals surface area contributed by atoms with Crippen LogP contribution in [-0.2, 0) is 4.79 Å². The fourth-order valence-electron chi connectivity index (χ4n) is 5.81. The minimum atomic E-state index is -3.73. The van der Waals surface area contributed by atoms with Crippen molar-refractivity contribution in [2.75, 3.05) is 13.7 Å². The number of thioether (sulfide) groups is 1. The maximum atomic E-state index is 13.9. The number of ether oxygens (including phenoxy) is 1. The number of alkyl halides is 2. The molecule has 3 fully saturated rings. The minimum Gasteiger partial charge on any atom is -0.468 e. The third kappa shape index (κ3) is 4.61. The van der Waals surface area contributed by atoms with Gasteiger partial charge in [0.2, 0.25) is 5.76 Å². The summed E-state index contributed by atoms with van der Waals surface area (Å²) in [5, 5.41) is 8.87. The maximum absolute atomic E-state index is 13.9. The molecule has 1 heterocycles. The van der Waals surface area contributed by atoms with Gasteiger partial charge in [-0.2, -0.15) is 8.78 Å². The van der Waals surface area contributed by atoms with Crippen molar-refractivity contribution in [3.8, 4) is 5.88 Å². The second-order valence-electron chi connectivity index (χ2n) is 9.57. The number of hydrogen-bond donors (Lipinski definition) is 2. The predicted octanol–water partition coefficient (Wildman–Crippen LogP) is 3.88. The zero-order valence-corrected chi connectivity index (χ0v) is 19.5. The number of halogens is 2. The Morgan fingerprint density at radius 1 is 1.25 bits per heavy atom. The molecule has 5 atom stereocenters. The van der Waals surface area contributed by atoms with Crippen LogP contribution in [0.25, 0.3) is 0 Å². The summed E-state index contributed by atoms with van der Waals surface area (Å²) in [5.41, 5.74) is 0. The minimum absolute atomic E-state index is 0.0178. The predicted molar refractivity (Wildman–Crippen MR) is 115 cm³/mol. The van der Waals surface area contributed by atoms with Crippen LogP contribution in [0.2, 0.25) is 0 Å². The smallest absolute Gasteiger partial charge is 0.357 e. The van der Waals surface area contributed by atoms with Gasteiger partial charge in [0, 0.05) is 18.3 Å². The van der Waals surface area contributed by atoms with Crippen LogP contribution < -0.4 is 15.4 Å². The molecule has 3 aliphatic rings. The molecule has 4 rings (SSSR count). The largest absolute Gasteiger partial charge is 0.468 e. The monoisotopic (exact) mass is 471 g/mol. The van der Waals surface area contributed by atoms with Crippen molar-refractivity contribution in [1.82, 2.24) is 15.8 Å². The van der Waals surface area contributed by atoms with Gasteiger partial charge < -0.3 is 19.9 Å². The number of carbonyl (C=O) groups excluding carboxylic acids is 2. The highest BCUT2D eigenvalue weighted by molar-refractivity contribution is 8.00. The summed E-state index contributed by atoms with van der Waals surface area (Å²) < 4.78 is 38.2. The van der Waals surface area contributed by atoms with Gasteiger partial charge in [-0.3, -0.25) is 9.59 Å². The van der Waals surface area contributed by atoms with Gasteiger partial charge in [0.25, 0.3) is 17.7 Å². The molecule has 0 aliphatic heterocycles. The maximum Gasteiger partial charge on any atom is 0.357 e. The fraction of sp³-hybridized carbons (Fsp3) is 0.773. The van der Waals surface area contributed by atoms with Crippen molar-refractivity contribution in [1.29, 1.82) is 0 Å². The van der Waals surface area contributed by atoms with E-state index in [-0.39, 0.29) is 33.7 Å². The van der Waals surface area contributed by atoms with Crippen LogP contribution in [0.3, 0.4) is 0 Å². The Hall–Kier alpha value is -1.84. The average Bonchev–Trinajstić information content (AvgIpc) is 3.18. The summed E-state index contributed by atoms with van der Waals surface area (Å²) >= 11 is 1.26. The SMILES string of the molecule is CNC(=O)C(F)(F)COc1noc(C(=O)NC2C3CC4CCCC2C(C4)C3)c1SC(C)C. The molecule has 0 aromatic carbocycles. The zero-order valence-electron chi connectivity index (χ0n) is 18.7. The van der Waals surface area contributed by atoms with Gasteiger partial charge in [0.15, 0.2) is 6.61 Å². The molecular formula is C22H31F2N3O4S. The molecule has 1 aromatic rings. The van der Waals surface area contributed by atoms with E-state index in [2.05, 4.69) is 10.5 Å². The first kappa shape index (κ1) is 23.3. The summed E-state index contributed by atoms with van der Waals surface area (Å²) in [6.07, 6.45) is 7.23. The number of nitrogens with one attached hydrogen (secondary N) is 2. The summed E-state index contributed by atoms with van der Waals surface area (Å²) in [6, 6.07) is 0.113. The first-order valence-electron chi connectivity index (χ1n) is 11.4. The average molecular weight is 472 g/mol. The molecular weight excluding hydrogens is 440 g/mol. The van der Waals surface area contributed by atoms with Crippen LogP contribution in [-0.4, -0.2) is 47.8 Å². The lowest BCUT2D eigenvalue weighted by Gasteiger charge is -2.29.